The molecule has 0 saturated heterocycles. The Morgan fingerprint density at radius 3 is 3.07 bits per heavy atom. The Morgan fingerprint density at radius 1 is 1.57 bits per heavy atom. The second kappa shape index (κ2) is 3.42. The van der Waals surface area contributed by atoms with Crippen molar-refractivity contribution in [3.8, 4) is 0 Å². The van der Waals surface area contributed by atoms with Crippen LogP contribution in [0.25, 0.3) is 0 Å². The summed E-state index contributed by atoms with van der Waals surface area (Å²) < 4.78 is 0. The van der Waals surface area contributed by atoms with E-state index in [-0.39, 0.29) is 12.0 Å². The SMILES string of the molecule is CC(=O)Nc1ccc2c(c1)CCC2O. The van der Waals surface area contributed by atoms with E-state index in [0.29, 0.717) is 0 Å². The number of nitrogens with one attached hydrogen (secondary N) is 1. The van der Waals surface area contributed by atoms with Crippen molar-refractivity contribution in [1.82, 2.24) is 0 Å². The maximum atomic E-state index is 10.8. The first-order valence-electron chi connectivity index (χ1n) is 4.75. The zero-order chi connectivity index (χ0) is 10.1. The van der Waals surface area contributed by atoms with Crippen molar-refractivity contribution in [2.45, 2.75) is 25.9 Å². The first-order chi connectivity index (χ1) is 6.66. The van der Waals surface area contributed by atoms with Gasteiger partial charge in [-0.1, -0.05) is 6.07 Å². The Hall–Kier alpha value is -1.35. The smallest absolute Gasteiger partial charge is 0.221 e. The number of aryl methyl sites for hydroxylation is 1. The van der Waals surface area contributed by atoms with Crippen LogP contribution < -0.4 is 5.32 Å². The Morgan fingerprint density at radius 2 is 2.36 bits per heavy atom. The van der Waals surface area contributed by atoms with Gasteiger partial charge in [0.15, 0.2) is 0 Å². The molecule has 1 aromatic carbocycles. The fourth-order valence-corrected chi connectivity index (χ4v) is 1.88. The summed E-state index contributed by atoms with van der Waals surface area (Å²) in [6.07, 6.45) is 1.36. The zero-order valence-corrected chi connectivity index (χ0v) is 8.08. The number of hydrogen-bond donors (Lipinski definition) is 2. The molecule has 2 N–H and O–H groups in total. The fourth-order valence-electron chi connectivity index (χ4n) is 1.88. The first kappa shape index (κ1) is 9.21. The number of benzene rings is 1. The van der Waals surface area contributed by atoms with Crippen LogP contribution >= 0.6 is 0 Å². The molecule has 74 valence electrons. The van der Waals surface area contributed by atoms with Crippen LogP contribution in [0.3, 0.4) is 0 Å². The van der Waals surface area contributed by atoms with E-state index >= 15 is 0 Å². The van der Waals surface area contributed by atoms with E-state index in [4.69, 9.17) is 0 Å². The average Bonchev–Trinajstić information content (AvgIpc) is 2.46. The largest absolute Gasteiger partial charge is 0.388 e. The summed E-state index contributed by atoms with van der Waals surface area (Å²) in [5, 5.41) is 12.3. The average molecular weight is 191 g/mol. The van der Waals surface area contributed by atoms with Crippen LogP contribution in [0.2, 0.25) is 0 Å². The molecule has 1 atom stereocenters. The second-order valence-electron chi connectivity index (χ2n) is 3.65. The molecular weight excluding hydrogens is 178 g/mol. The molecule has 0 radical (unpaired) electrons. The van der Waals surface area contributed by atoms with Gasteiger partial charge in [-0.05, 0) is 36.1 Å². The third kappa shape index (κ3) is 1.63. The van der Waals surface area contributed by atoms with Gasteiger partial charge in [-0.3, -0.25) is 4.79 Å². The lowest BCUT2D eigenvalue weighted by molar-refractivity contribution is -0.114. The topological polar surface area (TPSA) is 49.3 Å². The summed E-state index contributed by atoms with van der Waals surface area (Å²) >= 11 is 0. The molecule has 0 aliphatic heterocycles. The lowest BCUT2D eigenvalue weighted by atomic mass is 10.1. The van der Waals surface area contributed by atoms with Gasteiger partial charge in [0, 0.05) is 12.6 Å². The molecule has 1 unspecified atom stereocenters. The summed E-state index contributed by atoms with van der Waals surface area (Å²) in [7, 11) is 0. The minimum absolute atomic E-state index is 0.0662. The van der Waals surface area contributed by atoms with Crippen LogP contribution in [0.5, 0.6) is 0 Å². The van der Waals surface area contributed by atoms with Gasteiger partial charge in [0.05, 0.1) is 6.10 Å². The summed E-state index contributed by atoms with van der Waals surface area (Å²) in [6, 6.07) is 5.65. The molecule has 14 heavy (non-hydrogen) atoms. The van der Waals surface area contributed by atoms with E-state index in [1.54, 1.807) is 0 Å². The minimum Gasteiger partial charge on any atom is -0.388 e. The molecule has 1 aliphatic rings. The van der Waals surface area contributed by atoms with Crippen molar-refractivity contribution < 1.29 is 9.90 Å². The van der Waals surface area contributed by atoms with Crippen LogP contribution in [-0.2, 0) is 11.2 Å². The molecule has 3 heteroatoms. The van der Waals surface area contributed by atoms with Gasteiger partial charge < -0.3 is 10.4 Å². The normalized spacial score (nSPS) is 19.1. The Bertz CT molecular complexity index is 374. The molecule has 0 heterocycles. The van der Waals surface area contributed by atoms with Crippen LogP contribution in [0, 0.1) is 0 Å². The van der Waals surface area contributed by atoms with Gasteiger partial charge in [0.1, 0.15) is 0 Å². The predicted molar refractivity (Wildman–Crippen MR) is 54.0 cm³/mol. The molecule has 0 fully saturated rings. The summed E-state index contributed by atoms with van der Waals surface area (Å²) in [6.45, 7) is 1.49. The number of amides is 1. The number of carbonyl (C=O) groups excluding carboxylic acids is 1. The molecule has 3 nitrogen and oxygen atoms in total. The van der Waals surface area contributed by atoms with E-state index in [1.165, 1.54) is 6.92 Å². The Balaban J connectivity index is 2.28. The van der Waals surface area contributed by atoms with Crippen molar-refractivity contribution in [2.24, 2.45) is 0 Å². The highest BCUT2D eigenvalue weighted by Gasteiger charge is 2.19. The number of hydrogen-bond acceptors (Lipinski definition) is 2. The molecule has 0 spiro atoms. The van der Waals surface area contributed by atoms with Crippen molar-refractivity contribution in [2.75, 3.05) is 5.32 Å². The van der Waals surface area contributed by atoms with E-state index in [9.17, 15) is 9.90 Å². The molecule has 2 rings (SSSR count). The molecule has 1 aromatic rings. The van der Waals surface area contributed by atoms with Crippen molar-refractivity contribution in [1.29, 1.82) is 0 Å². The monoisotopic (exact) mass is 191 g/mol. The van der Waals surface area contributed by atoms with Crippen LogP contribution in [0.1, 0.15) is 30.6 Å². The Kier molecular flexibility index (Phi) is 2.25. The molecule has 0 saturated carbocycles. The van der Waals surface area contributed by atoms with E-state index in [1.807, 2.05) is 18.2 Å². The third-order valence-electron chi connectivity index (χ3n) is 2.51. The number of anilines is 1. The number of aliphatic hydroxyl groups is 1. The predicted octanol–water partition coefficient (Wildman–Crippen LogP) is 1.62. The third-order valence-corrected chi connectivity index (χ3v) is 2.51. The lowest BCUT2D eigenvalue weighted by Crippen LogP contribution is -2.06. The maximum absolute atomic E-state index is 10.8. The highest BCUT2D eigenvalue weighted by molar-refractivity contribution is 5.88. The van der Waals surface area contributed by atoms with Gasteiger partial charge in [-0.15, -0.1) is 0 Å². The highest BCUT2D eigenvalue weighted by atomic mass is 16.3. The van der Waals surface area contributed by atoms with Crippen molar-refractivity contribution in [3.63, 3.8) is 0 Å². The van der Waals surface area contributed by atoms with Crippen molar-refractivity contribution >= 4 is 11.6 Å². The molecule has 0 bridgehead atoms. The summed E-state index contributed by atoms with van der Waals surface area (Å²) in [5.74, 6) is -0.0662. The lowest BCUT2D eigenvalue weighted by Gasteiger charge is -2.06. The molecular formula is C11H13NO2. The zero-order valence-electron chi connectivity index (χ0n) is 8.08. The number of aliphatic hydroxyl groups excluding tert-OH is 1. The van der Waals surface area contributed by atoms with Crippen LogP contribution in [0.15, 0.2) is 18.2 Å². The van der Waals surface area contributed by atoms with Gasteiger partial charge in [-0.2, -0.15) is 0 Å². The van der Waals surface area contributed by atoms with E-state index in [2.05, 4.69) is 5.32 Å². The van der Waals surface area contributed by atoms with Crippen LogP contribution in [-0.4, -0.2) is 11.0 Å². The number of rotatable bonds is 1. The van der Waals surface area contributed by atoms with Gasteiger partial charge in [-0.25, -0.2) is 0 Å². The van der Waals surface area contributed by atoms with E-state index < -0.39 is 0 Å². The Labute approximate surface area is 82.8 Å². The van der Waals surface area contributed by atoms with Crippen molar-refractivity contribution in [3.05, 3.63) is 29.3 Å². The van der Waals surface area contributed by atoms with Gasteiger partial charge >= 0.3 is 0 Å². The highest BCUT2D eigenvalue weighted by Crippen LogP contribution is 2.32. The fraction of sp³-hybridized carbons (Fsp3) is 0.364. The van der Waals surface area contributed by atoms with Gasteiger partial charge in [0.2, 0.25) is 5.91 Å². The maximum Gasteiger partial charge on any atom is 0.221 e. The van der Waals surface area contributed by atoms with E-state index in [0.717, 1.165) is 29.7 Å². The summed E-state index contributed by atoms with van der Waals surface area (Å²) in [4.78, 5) is 10.8. The first-order valence-corrected chi connectivity index (χ1v) is 4.75. The molecule has 0 aromatic heterocycles. The molecule has 1 aliphatic carbocycles. The standard InChI is InChI=1S/C11H13NO2/c1-7(13)12-9-3-4-10-8(6-9)2-5-11(10)14/h3-4,6,11,14H,2,5H2,1H3,(H,12,13). The van der Waals surface area contributed by atoms with Gasteiger partial charge in [0.25, 0.3) is 0 Å². The minimum atomic E-state index is -0.323. The second-order valence-corrected chi connectivity index (χ2v) is 3.65. The summed E-state index contributed by atoms with van der Waals surface area (Å²) in [5.41, 5.74) is 2.95. The quantitative estimate of drug-likeness (QED) is 0.708. The number of fused-ring (bicyclic) bond motifs is 1. The van der Waals surface area contributed by atoms with Crippen LogP contribution in [0.4, 0.5) is 5.69 Å². The number of carbonyl (C=O) groups is 1. The molecule has 1 amide bonds.